The van der Waals surface area contributed by atoms with Gasteiger partial charge >= 0.3 is 5.97 Å². The lowest BCUT2D eigenvalue weighted by molar-refractivity contribution is -0.132. The minimum absolute atomic E-state index is 0.199. The summed E-state index contributed by atoms with van der Waals surface area (Å²) in [5.41, 5.74) is 0. The maximum absolute atomic E-state index is 12.7. The molecule has 0 radical (unpaired) electrons. The zero-order chi connectivity index (χ0) is 25.6. The van der Waals surface area contributed by atoms with Crippen molar-refractivity contribution in [1.82, 2.24) is 4.90 Å². The second-order valence-electron chi connectivity index (χ2n) is 9.93. The van der Waals surface area contributed by atoms with Crippen LogP contribution in [-0.2, 0) is 9.59 Å². The Labute approximate surface area is 219 Å². The van der Waals surface area contributed by atoms with E-state index in [0.717, 1.165) is 25.3 Å². The summed E-state index contributed by atoms with van der Waals surface area (Å²) in [4.78, 5) is 30.5. The Morgan fingerprint density at radius 2 is 1.17 bits per heavy atom. The quantitative estimate of drug-likeness (QED) is 0.111. The molecule has 5 nitrogen and oxygen atoms in total. The van der Waals surface area contributed by atoms with Crippen LogP contribution in [0.15, 0.2) is 16.0 Å². The van der Waals surface area contributed by atoms with Crippen molar-refractivity contribution in [3.8, 4) is 0 Å². The molecule has 35 heavy (non-hydrogen) atoms. The molecule has 0 bridgehead atoms. The monoisotopic (exact) mass is 508 g/mol. The third-order valence-corrected chi connectivity index (χ3v) is 7.68. The van der Waals surface area contributed by atoms with Crippen LogP contribution in [0.25, 0.3) is 0 Å². The van der Waals surface area contributed by atoms with E-state index in [-0.39, 0.29) is 10.8 Å². The summed E-state index contributed by atoms with van der Waals surface area (Å²) >= 11 is 1.22. The summed E-state index contributed by atoms with van der Waals surface area (Å²) in [5.74, 6) is -1.27. The first-order valence-corrected chi connectivity index (χ1v) is 15.4. The third-order valence-electron chi connectivity index (χ3n) is 6.64. The molecule has 1 aliphatic rings. The van der Waals surface area contributed by atoms with Gasteiger partial charge in [0.15, 0.2) is 5.17 Å². The molecule has 1 N–H and O–H groups in total. The van der Waals surface area contributed by atoms with Crippen molar-refractivity contribution in [3.63, 3.8) is 0 Å². The molecule has 0 spiro atoms. The van der Waals surface area contributed by atoms with Crippen LogP contribution >= 0.6 is 11.8 Å². The molecule has 1 saturated heterocycles. The molecule has 0 aromatic rings. The second-order valence-corrected chi connectivity index (χ2v) is 10.9. The van der Waals surface area contributed by atoms with Gasteiger partial charge in [0.2, 0.25) is 0 Å². The lowest BCUT2D eigenvalue weighted by Gasteiger charge is -2.15. The Morgan fingerprint density at radius 3 is 1.63 bits per heavy atom. The highest BCUT2D eigenvalue weighted by Crippen LogP contribution is 2.31. The van der Waals surface area contributed by atoms with Gasteiger partial charge in [-0.25, -0.2) is 4.79 Å². The maximum Gasteiger partial charge on any atom is 0.329 e. The molecule has 1 heterocycles. The van der Waals surface area contributed by atoms with E-state index in [2.05, 4.69) is 13.8 Å². The van der Waals surface area contributed by atoms with Crippen LogP contribution in [0.1, 0.15) is 142 Å². The van der Waals surface area contributed by atoms with Gasteiger partial charge in [-0.15, -0.1) is 0 Å². The fraction of sp³-hybridized carbons (Fsp3) is 0.828. The molecule has 0 atom stereocenters. The maximum atomic E-state index is 12.7. The molecule has 0 saturated carbocycles. The van der Waals surface area contributed by atoms with Gasteiger partial charge in [0.25, 0.3) is 5.91 Å². The molecular formula is C29H52N2O3S. The van der Waals surface area contributed by atoms with Crippen molar-refractivity contribution < 1.29 is 14.7 Å². The molecule has 202 valence electrons. The van der Waals surface area contributed by atoms with Crippen LogP contribution < -0.4 is 0 Å². The Bertz CT molecular complexity index is 633. The number of aliphatic imine (C=N–C) groups is 1. The lowest BCUT2D eigenvalue weighted by atomic mass is 10.1. The summed E-state index contributed by atoms with van der Waals surface area (Å²) in [6.07, 6.45) is 26.4. The Balaban J connectivity index is 2.30. The smallest absolute Gasteiger partial charge is 0.329 e. The Hall–Kier alpha value is -1.30. The van der Waals surface area contributed by atoms with Gasteiger partial charge in [0, 0.05) is 19.2 Å². The van der Waals surface area contributed by atoms with Crippen molar-refractivity contribution in [1.29, 1.82) is 0 Å². The first-order valence-electron chi connectivity index (χ1n) is 14.6. The predicted molar refractivity (Wildman–Crippen MR) is 151 cm³/mol. The number of thioether (sulfide) groups is 1. The molecule has 1 amide bonds. The molecule has 1 fully saturated rings. The lowest BCUT2D eigenvalue weighted by Crippen LogP contribution is -2.30. The van der Waals surface area contributed by atoms with E-state index in [1.165, 1.54) is 121 Å². The second kappa shape index (κ2) is 21.9. The van der Waals surface area contributed by atoms with Gasteiger partial charge in [-0.2, -0.15) is 0 Å². The number of hydrogen-bond donors (Lipinski definition) is 1. The number of unbranched alkanes of at least 4 members (excludes halogenated alkanes) is 18. The standard InChI is InChI=1S/C29H52N2O3S/c1-3-5-7-9-11-13-15-17-19-21-23-30-29-31(28(34)26(35-29)25-27(32)33)24-22-20-18-16-14-12-10-8-6-4-2/h25H,3-24H2,1-2H3,(H,32,33). The number of carbonyl (C=O) groups is 2. The van der Waals surface area contributed by atoms with Crippen molar-refractivity contribution in [2.24, 2.45) is 4.99 Å². The molecule has 0 unspecified atom stereocenters. The highest BCUT2D eigenvalue weighted by Gasteiger charge is 2.33. The minimum atomic E-state index is -1.07. The zero-order valence-corrected chi connectivity index (χ0v) is 23.5. The number of carboxylic acids is 1. The van der Waals surface area contributed by atoms with Crippen LogP contribution in [0.3, 0.4) is 0 Å². The summed E-state index contributed by atoms with van der Waals surface area (Å²) in [6, 6.07) is 0. The van der Waals surface area contributed by atoms with Gasteiger partial charge in [-0.1, -0.05) is 129 Å². The largest absolute Gasteiger partial charge is 0.478 e. The molecule has 0 aromatic carbocycles. The van der Waals surface area contributed by atoms with Crippen LogP contribution in [-0.4, -0.2) is 40.1 Å². The zero-order valence-electron chi connectivity index (χ0n) is 22.7. The van der Waals surface area contributed by atoms with Crippen LogP contribution in [0.2, 0.25) is 0 Å². The Kier molecular flexibility index (Phi) is 19.9. The molecule has 0 aromatic heterocycles. The summed E-state index contributed by atoms with van der Waals surface area (Å²) in [6.45, 7) is 5.85. The number of hydrogen-bond acceptors (Lipinski definition) is 4. The number of carboxylic acid groups (broad SMARTS) is 1. The average Bonchev–Trinajstić information content (AvgIpc) is 3.12. The van der Waals surface area contributed by atoms with Gasteiger partial charge in [0.05, 0.1) is 4.91 Å². The van der Waals surface area contributed by atoms with E-state index in [0.29, 0.717) is 18.3 Å². The summed E-state index contributed by atoms with van der Waals surface area (Å²) < 4.78 is 0. The minimum Gasteiger partial charge on any atom is -0.478 e. The van der Waals surface area contributed by atoms with Gasteiger partial charge in [-0.05, 0) is 24.6 Å². The fourth-order valence-electron chi connectivity index (χ4n) is 4.47. The van der Waals surface area contributed by atoms with Crippen molar-refractivity contribution in [2.45, 2.75) is 142 Å². The number of amides is 1. The van der Waals surface area contributed by atoms with E-state index in [4.69, 9.17) is 10.1 Å². The molecule has 6 heteroatoms. The number of nitrogens with zero attached hydrogens (tertiary/aromatic N) is 2. The summed E-state index contributed by atoms with van der Waals surface area (Å²) in [5, 5.41) is 9.79. The SMILES string of the molecule is CCCCCCCCCCCCN=C1SC(=CC(=O)O)C(=O)N1CCCCCCCCCCCC. The van der Waals surface area contributed by atoms with Gasteiger partial charge in [0.1, 0.15) is 0 Å². The van der Waals surface area contributed by atoms with Crippen LogP contribution in [0.5, 0.6) is 0 Å². The van der Waals surface area contributed by atoms with E-state index in [1.807, 2.05) is 0 Å². The van der Waals surface area contributed by atoms with Crippen LogP contribution in [0, 0.1) is 0 Å². The van der Waals surface area contributed by atoms with E-state index < -0.39 is 5.97 Å². The van der Waals surface area contributed by atoms with Crippen molar-refractivity contribution in [3.05, 3.63) is 11.0 Å². The van der Waals surface area contributed by atoms with Crippen LogP contribution in [0.4, 0.5) is 0 Å². The highest BCUT2D eigenvalue weighted by molar-refractivity contribution is 8.18. The number of aliphatic carboxylic acids is 1. The van der Waals surface area contributed by atoms with Gasteiger partial charge in [-0.3, -0.25) is 14.7 Å². The Morgan fingerprint density at radius 1 is 0.743 bits per heavy atom. The fourth-order valence-corrected chi connectivity index (χ4v) is 5.46. The third kappa shape index (κ3) is 16.1. The number of amidine groups is 1. The average molecular weight is 509 g/mol. The molecule has 0 aliphatic carbocycles. The van der Waals surface area contributed by atoms with E-state index >= 15 is 0 Å². The topological polar surface area (TPSA) is 70.0 Å². The summed E-state index contributed by atoms with van der Waals surface area (Å²) in [7, 11) is 0. The van der Waals surface area contributed by atoms with Crippen molar-refractivity contribution in [2.75, 3.05) is 13.1 Å². The van der Waals surface area contributed by atoms with E-state index in [9.17, 15) is 9.59 Å². The molecule has 1 aliphatic heterocycles. The van der Waals surface area contributed by atoms with Crippen molar-refractivity contribution >= 4 is 28.8 Å². The van der Waals surface area contributed by atoms with E-state index in [1.54, 1.807) is 4.90 Å². The predicted octanol–water partition coefficient (Wildman–Crippen LogP) is 8.73. The first kappa shape index (κ1) is 31.7. The first-order chi connectivity index (χ1) is 17.1. The number of carbonyl (C=O) groups excluding carboxylic acids is 1. The highest BCUT2D eigenvalue weighted by atomic mass is 32.2. The molecular weight excluding hydrogens is 456 g/mol. The number of rotatable bonds is 23. The molecule has 1 rings (SSSR count). The normalized spacial score (nSPS) is 16.2. The van der Waals surface area contributed by atoms with Gasteiger partial charge < -0.3 is 5.11 Å².